The van der Waals surface area contributed by atoms with Crippen LogP contribution in [0.15, 0.2) is 48.5 Å². The highest BCUT2D eigenvalue weighted by atomic mass is 16.4. The summed E-state index contributed by atoms with van der Waals surface area (Å²) in [5.41, 5.74) is 2.80. The number of aromatic nitrogens is 3. The zero-order valence-corrected chi connectivity index (χ0v) is 15.3. The number of hydrogen-bond donors (Lipinski definition) is 1. The van der Waals surface area contributed by atoms with E-state index in [-0.39, 0.29) is 17.2 Å². The monoisotopic (exact) mass is 363 g/mol. The van der Waals surface area contributed by atoms with Crippen LogP contribution in [0.2, 0.25) is 0 Å². The summed E-state index contributed by atoms with van der Waals surface area (Å²) in [6, 6.07) is 14.6. The second-order valence-corrected chi connectivity index (χ2v) is 6.19. The van der Waals surface area contributed by atoms with Gasteiger partial charge in [-0.2, -0.15) is 0 Å². The van der Waals surface area contributed by atoms with E-state index in [2.05, 4.69) is 10.1 Å². The zero-order valence-electron chi connectivity index (χ0n) is 15.3. The van der Waals surface area contributed by atoms with Crippen molar-refractivity contribution in [2.75, 3.05) is 0 Å². The maximum Gasteiger partial charge on any atom is 0.336 e. The van der Waals surface area contributed by atoms with Crippen LogP contribution in [0.4, 0.5) is 0 Å². The lowest BCUT2D eigenvalue weighted by Crippen LogP contribution is -2.07. The van der Waals surface area contributed by atoms with Gasteiger partial charge in [0.1, 0.15) is 5.82 Å². The normalized spacial score (nSPS) is 10.7. The van der Waals surface area contributed by atoms with Crippen LogP contribution < -0.4 is 0 Å². The van der Waals surface area contributed by atoms with E-state index in [4.69, 9.17) is 0 Å². The van der Waals surface area contributed by atoms with Gasteiger partial charge in [-0.15, -0.1) is 5.10 Å². The van der Waals surface area contributed by atoms with Gasteiger partial charge < -0.3 is 5.11 Å². The molecule has 3 rings (SSSR count). The molecule has 0 spiro atoms. The van der Waals surface area contributed by atoms with Gasteiger partial charge in [0.05, 0.1) is 12.1 Å². The fourth-order valence-electron chi connectivity index (χ4n) is 2.92. The molecule has 0 saturated carbocycles. The Bertz CT molecular complexity index is 975. The molecule has 0 radical (unpaired) electrons. The van der Waals surface area contributed by atoms with E-state index < -0.39 is 5.97 Å². The van der Waals surface area contributed by atoms with Gasteiger partial charge in [0.15, 0.2) is 0 Å². The molecule has 0 aliphatic carbocycles. The average molecular weight is 363 g/mol. The SMILES string of the molecule is CCC(=O)c1nc(CC)n(Cc2ccc(-c3ccccc3C(=O)O)cc2)n1. The Hall–Kier alpha value is -3.28. The van der Waals surface area contributed by atoms with E-state index in [1.165, 1.54) is 0 Å². The Morgan fingerprint density at radius 3 is 2.37 bits per heavy atom. The summed E-state index contributed by atoms with van der Waals surface area (Å²) in [5.74, 6) is 0.0236. The number of nitrogens with zero attached hydrogens (tertiary/aromatic N) is 3. The first-order valence-corrected chi connectivity index (χ1v) is 8.92. The van der Waals surface area contributed by atoms with Crippen molar-refractivity contribution in [3.63, 3.8) is 0 Å². The van der Waals surface area contributed by atoms with Crippen LogP contribution in [0, 0.1) is 0 Å². The number of hydrogen-bond acceptors (Lipinski definition) is 4. The molecule has 1 heterocycles. The lowest BCUT2D eigenvalue weighted by molar-refractivity contribution is 0.0697. The molecule has 2 aromatic carbocycles. The van der Waals surface area contributed by atoms with Gasteiger partial charge >= 0.3 is 5.97 Å². The number of rotatable bonds is 7. The molecule has 0 aliphatic heterocycles. The maximum atomic E-state index is 11.8. The highest BCUT2D eigenvalue weighted by Crippen LogP contribution is 2.24. The van der Waals surface area contributed by atoms with Crippen molar-refractivity contribution in [1.29, 1.82) is 0 Å². The van der Waals surface area contributed by atoms with Crippen molar-refractivity contribution in [3.05, 3.63) is 71.3 Å². The summed E-state index contributed by atoms with van der Waals surface area (Å²) >= 11 is 0. The summed E-state index contributed by atoms with van der Waals surface area (Å²) in [5, 5.41) is 13.7. The van der Waals surface area contributed by atoms with E-state index in [0.717, 1.165) is 17.0 Å². The van der Waals surface area contributed by atoms with Crippen LogP contribution in [0.25, 0.3) is 11.1 Å². The number of ketones is 1. The Morgan fingerprint density at radius 1 is 1.04 bits per heavy atom. The van der Waals surface area contributed by atoms with E-state index in [9.17, 15) is 14.7 Å². The summed E-state index contributed by atoms with van der Waals surface area (Å²) in [4.78, 5) is 27.6. The molecule has 0 fully saturated rings. The first kappa shape index (κ1) is 18.5. The Balaban J connectivity index is 1.86. The molecule has 6 nitrogen and oxygen atoms in total. The van der Waals surface area contributed by atoms with E-state index in [0.29, 0.717) is 24.9 Å². The minimum absolute atomic E-state index is 0.0657. The molecule has 1 N–H and O–H groups in total. The highest BCUT2D eigenvalue weighted by molar-refractivity contribution is 5.96. The number of aryl methyl sites for hydroxylation is 1. The minimum atomic E-state index is -0.946. The Kier molecular flexibility index (Phi) is 5.45. The maximum absolute atomic E-state index is 11.8. The average Bonchev–Trinajstić information content (AvgIpc) is 3.10. The van der Waals surface area contributed by atoms with E-state index in [1.54, 1.807) is 29.8 Å². The van der Waals surface area contributed by atoms with E-state index >= 15 is 0 Å². The second-order valence-electron chi connectivity index (χ2n) is 6.19. The molecule has 0 unspecified atom stereocenters. The number of Topliss-reactive ketones (excluding diaryl/α,β-unsaturated/α-hetero) is 1. The molecule has 0 amide bonds. The zero-order chi connectivity index (χ0) is 19.4. The van der Waals surface area contributed by atoms with Crippen molar-refractivity contribution in [3.8, 4) is 11.1 Å². The fourth-order valence-corrected chi connectivity index (χ4v) is 2.92. The van der Waals surface area contributed by atoms with E-state index in [1.807, 2.05) is 37.3 Å². The van der Waals surface area contributed by atoms with Crippen LogP contribution >= 0.6 is 0 Å². The fraction of sp³-hybridized carbons (Fsp3) is 0.238. The van der Waals surface area contributed by atoms with Gasteiger partial charge in [-0.3, -0.25) is 4.79 Å². The van der Waals surface area contributed by atoms with Crippen molar-refractivity contribution in [1.82, 2.24) is 14.8 Å². The first-order chi connectivity index (χ1) is 13.0. The Morgan fingerprint density at radius 2 is 1.74 bits per heavy atom. The molecule has 3 aromatic rings. The summed E-state index contributed by atoms with van der Waals surface area (Å²) < 4.78 is 1.75. The first-order valence-electron chi connectivity index (χ1n) is 8.92. The molecule has 6 heteroatoms. The van der Waals surface area contributed by atoms with Crippen LogP contribution in [0.1, 0.15) is 52.6 Å². The lowest BCUT2D eigenvalue weighted by atomic mass is 9.99. The smallest absolute Gasteiger partial charge is 0.336 e. The number of carboxylic acid groups (broad SMARTS) is 1. The Labute approximate surface area is 157 Å². The van der Waals surface area contributed by atoms with Gasteiger partial charge in [-0.1, -0.05) is 56.3 Å². The second kappa shape index (κ2) is 7.95. The molecule has 0 aliphatic rings. The lowest BCUT2D eigenvalue weighted by Gasteiger charge is -2.08. The molecule has 0 saturated heterocycles. The van der Waals surface area contributed by atoms with Crippen LogP contribution in [-0.4, -0.2) is 31.6 Å². The third-order valence-electron chi connectivity index (χ3n) is 4.39. The topological polar surface area (TPSA) is 85.1 Å². The number of carboxylic acids is 1. The number of carbonyl (C=O) groups excluding carboxylic acids is 1. The van der Waals surface area contributed by atoms with Gasteiger partial charge in [-0.25, -0.2) is 14.5 Å². The van der Waals surface area contributed by atoms with Crippen LogP contribution in [-0.2, 0) is 13.0 Å². The number of benzene rings is 2. The third kappa shape index (κ3) is 3.95. The van der Waals surface area contributed by atoms with Gasteiger partial charge in [0.25, 0.3) is 0 Å². The highest BCUT2D eigenvalue weighted by Gasteiger charge is 2.14. The molecule has 0 bridgehead atoms. The van der Waals surface area contributed by atoms with Gasteiger partial charge in [0, 0.05) is 12.8 Å². The predicted molar refractivity (Wildman–Crippen MR) is 102 cm³/mol. The largest absolute Gasteiger partial charge is 0.478 e. The van der Waals surface area contributed by atoms with Crippen molar-refractivity contribution >= 4 is 11.8 Å². The molecular formula is C21H21N3O3. The summed E-state index contributed by atoms with van der Waals surface area (Å²) in [6.45, 7) is 4.28. The van der Waals surface area contributed by atoms with Gasteiger partial charge in [-0.05, 0) is 22.8 Å². The van der Waals surface area contributed by atoms with Crippen molar-refractivity contribution < 1.29 is 14.7 Å². The molecule has 1 aromatic heterocycles. The van der Waals surface area contributed by atoms with Crippen LogP contribution in [0.3, 0.4) is 0 Å². The summed E-state index contributed by atoms with van der Waals surface area (Å²) in [6.07, 6.45) is 1.07. The molecule has 0 atom stereocenters. The predicted octanol–water partition coefficient (Wildman–Crippen LogP) is 3.85. The summed E-state index contributed by atoms with van der Waals surface area (Å²) in [7, 11) is 0. The molecule has 27 heavy (non-hydrogen) atoms. The standard InChI is InChI=1S/C21H21N3O3/c1-3-18(25)20-22-19(4-2)24(23-20)13-14-9-11-15(12-10-14)16-7-5-6-8-17(16)21(26)27/h5-12H,3-4,13H2,1-2H3,(H,26,27). The van der Waals surface area contributed by atoms with Crippen molar-refractivity contribution in [2.45, 2.75) is 33.2 Å². The van der Waals surface area contributed by atoms with Crippen molar-refractivity contribution in [2.24, 2.45) is 0 Å². The number of aromatic carboxylic acids is 1. The van der Waals surface area contributed by atoms with Crippen LogP contribution in [0.5, 0.6) is 0 Å². The quantitative estimate of drug-likeness (QED) is 0.645. The molecule has 138 valence electrons. The third-order valence-corrected chi connectivity index (χ3v) is 4.39. The minimum Gasteiger partial charge on any atom is -0.478 e. The molecular weight excluding hydrogens is 342 g/mol. The van der Waals surface area contributed by atoms with Gasteiger partial charge in [0.2, 0.25) is 11.6 Å². The number of carbonyl (C=O) groups is 2.